The lowest BCUT2D eigenvalue weighted by Crippen LogP contribution is -2.41. The number of ether oxygens (including phenoxy) is 1. The molecule has 0 aliphatic carbocycles. The van der Waals surface area contributed by atoms with Gasteiger partial charge in [0.1, 0.15) is 17.2 Å². The second-order valence-corrected chi connectivity index (χ2v) is 4.48. The predicted molar refractivity (Wildman–Crippen MR) is 59.3 cm³/mol. The highest BCUT2D eigenvalue weighted by Gasteiger charge is 2.21. The Morgan fingerprint density at radius 1 is 1.24 bits per heavy atom. The maximum Gasteiger partial charge on any atom is 0.429 e. The Labute approximate surface area is 97.9 Å². The number of benzene rings is 1. The van der Waals surface area contributed by atoms with E-state index in [0.717, 1.165) is 12.1 Å². The van der Waals surface area contributed by atoms with Crippen molar-refractivity contribution in [1.29, 1.82) is 0 Å². The van der Waals surface area contributed by atoms with Gasteiger partial charge in [0.2, 0.25) is 0 Å². The molecule has 0 radical (unpaired) electrons. The standard InChI is InChI=1S/C11H14F2N2O2/c1-11(2,3)17-10(16)15(14)9-5-7(12)4-8(13)6-9/h4-6H,14H2,1-3H3. The monoisotopic (exact) mass is 244 g/mol. The molecule has 0 aromatic heterocycles. The molecular weight excluding hydrogens is 230 g/mol. The van der Waals surface area contributed by atoms with Gasteiger partial charge in [0.05, 0.1) is 5.69 Å². The van der Waals surface area contributed by atoms with Crippen LogP contribution in [-0.2, 0) is 4.74 Å². The summed E-state index contributed by atoms with van der Waals surface area (Å²) >= 11 is 0. The molecule has 0 saturated heterocycles. The van der Waals surface area contributed by atoms with Crippen LogP contribution in [0.1, 0.15) is 20.8 Å². The molecule has 0 bridgehead atoms. The van der Waals surface area contributed by atoms with E-state index in [4.69, 9.17) is 10.6 Å². The number of rotatable bonds is 1. The predicted octanol–water partition coefficient (Wildman–Crippen LogP) is 2.58. The molecule has 1 aromatic carbocycles. The fourth-order valence-electron chi connectivity index (χ4n) is 1.09. The number of halogens is 2. The lowest BCUT2D eigenvalue weighted by molar-refractivity contribution is 0.0580. The van der Waals surface area contributed by atoms with Crippen LogP contribution in [-0.4, -0.2) is 11.7 Å². The Bertz CT molecular complexity index is 410. The zero-order valence-electron chi connectivity index (χ0n) is 9.83. The molecule has 0 spiro atoms. The molecule has 0 unspecified atom stereocenters. The van der Waals surface area contributed by atoms with Crippen LogP contribution >= 0.6 is 0 Å². The van der Waals surface area contributed by atoms with Crippen molar-refractivity contribution in [3.05, 3.63) is 29.8 Å². The van der Waals surface area contributed by atoms with Crippen molar-refractivity contribution < 1.29 is 18.3 Å². The number of nitrogens with two attached hydrogens (primary N) is 1. The molecule has 0 aliphatic rings. The van der Waals surface area contributed by atoms with Crippen molar-refractivity contribution in [2.24, 2.45) is 5.84 Å². The van der Waals surface area contributed by atoms with Crippen LogP contribution < -0.4 is 10.9 Å². The van der Waals surface area contributed by atoms with Gasteiger partial charge in [-0.3, -0.25) is 0 Å². The first-order valence-corrected chi connectivity index (χ1v) is 4.93. The Morgan fingerprint density at radius 3 is 2.12 bits per heavy atom. The van der Waals surface area contributed by atoms with E-state index in [0.29, 0.717) is 11.1 Å². The zero-order chi connectivity index (χ0) is 13.2. The molecular formula is C11H14F2N2O2. The molecule has 0 heterocycles. The summed E-state index contributed by atoms with van der Waals surface area (Å²) in [5, 5.41) is 0.553. The maximum absolute atomic E-state index is 12.9. The largest absolute Gasteiger partial charge is 0.442 e. The maximum atomic E-state index is 12.9. The van der Waals surface area contributed by atoms with Crippen molar-refractivity contribution in [2.45, 2.75) is 26.4 Å². The Hall–Kier alpha value is -1.69. The molecule has 17 heavy (non-hydrogen) atoms. The lowest BCUT2D eigenvalue weighted by atomic mass is 10.2. The highest BCUT2D eigenvalue weighted by atomic mass is 19.1. The Balaban J connectivity index is 2.89. The Morgan fingerprint density at radius 2 is 1.71 bits per heavy atom. The summed E-state index contributed by atoms with van der Waals surface area (Å²) < 4.78 is 30.8. The minimum atomic E-state index is -0.887. The van der Waals surface area contributed by atoms with E-state index in [1.165, 1.54) is 0 Å². The van der Waals surface area contributed by atoms with E-state index in [9.17, 15) is 13.6 Å². The van der Waals surface area contributed by atoms with Crippen LogP contribution in [0.3, 0.4) is 0 Å². The number of hydrogen-bond acceptors (Lipinski definition) is 3. The molecule has 1 rings (SSSR count). The normalized spacial score (nSPS) is 11.2. The van der Waals surface area contributed by atoms with Gasteiger partial charge >= 0.3 is 6.09 Å². The van der Waals surface area contributed by atoms with Crippen molar-refractivity contribution >= 4 is 11.8 Å². The van der Waals surface area contributed by atoms with Gasteiger partial charge in [-0.1, -0.05) is 0 Å². The number of carbonyl (C=O) groups excluding carboxylic acids is 1. The van der Waals surface area contributed by atoms with Gasteiger partial charge in [-0.05, 0) is 32.9 Å². The molecule has 4 nitrogen and oxygen atoms in total. The molecule has 1 amide bonds. The summed E-state index contributed by atoms with van der Waals surface area (Å²) in [6, 6.07) is 2.56. The van der Waals surface area contributed by atoms with E-state index in [1.54, 1.807) is 20.8 Å². The fourth-order valence-corrected chi connectivity index (χ4v) is 1.09. The van der Waals surface area contributed by atoms with E-state index < -0.39 is 23.3 Å². The molecule has 0 fully saturated rings. The second kappa shape index (κ2) is 4.67. The highest BCUT2D eigenvalue weighted by Crippen LogP contribution is 2.18. The smallest absolute Gasteiger partial charge is 0.429 e. The molecule has 94 valence electrons. The van der Waals surface area contributed by atoms with Crippen LogP contribution in [0.25, 0.3) is 0 Å². The summed E-state index contributed by atoms with van der Waals surface area (Å²) in [7, 11) is 0. The van der Waals surface area contributed by atoms with Crippen molar-refractivity contribution in [1.82, 2.24) is 0 Å². The number of hydrogen-bond donors (Lipinski definition) is 1. The van der Waals surface area contributed by atoms with Gasteiger partial charge in [0, 0.05) is 6.07 Å². The third-order valence-corrected chi connectivity index (χ3v) is 1.72. The minimum absolute atomic E-state index is 0.114. The summed E-state index contributed by atoms with van der Waals surface area (Å²) in [4.78, 5) is 11.5. The topological polar surface area (TPSA) is 55.6 Å². The first-order chi connectivity index (χ1) is 7.69. The van der Waals surface area contributed by atoms with Gasteiger partial charge in [-0.2, -0.15) is 0 Å². The van der Waals surface area contributed by atoms with Gasteiger partial charge in [-0.25, -0.2) is 24.4 Å². The van der Waals surface area contributed by atoms with Gasteiger partial charge < -0.3 is 4.74 Å². The third-order valence-electron chi connectivity index (χ3n) is 1.72. The zero-order valence-corrected chi connectivity index (χ0v) is 9.83. The molecule has 2 N–H and O–H groups in total. The first-order valence-electron chi connectivity index (χ1n) is 4.93. The number of carbonyl (C=O) groups is 1. The van der Waals surface area contributed by atoms with Crippen LogP contribution in [0.15, 0.2) is 18.2 Å². The molecule has 6 heteroatoms. The Kier molecular flexibility index (Phi) is 3.67. The van der Waals surface area contributed by atoms with Crippen LogP contribution in [0.5, 0.6) is 0 Å². The number of anilines is 1. The van der Waals surface area contributed by atoms with Gasteiger partial charge in [-0.15, -0.1) is 0 Å². The average Bonchev–Trinajstić information content (AvgIpc) is 2.12. The fraction of sp³-hybridized carbons (Fsp3) is 0.364. The van der Waals surface area contributed by atoms with Crippen LogP contribution in [0, 0.1) is 11.6 Å². The summed E-state index contributed by atoms with van der Waals surface area (Å²) in [6.07, 6.45) is -0.887. The van der Waals surface area contributed by atoms with Gasteiger partial charge in [0.25, 0.3) is 0 Å². The SMILES string of the molecule is CC(C)(C)OC(=O)N(N)c1cc(F)cc(F)c1. The number of amides is 1. The summed E-state index contributed by atoms with van der Waals surface area (Å²) in [5.74, 6) is 3.77. The second-order valence-electron chi connectivity index (χ2n) is 4.48. The van der Waals surface area contributed by atoms with E-state index in [-0.39, 0.29) is 5.69 Å². The van der Waals surface area contributed by atoms with E-state index in [2.05, 4.69) is 0 Å². The van der Waals surface area contributed by atoms with Crippen molar-refractivity contribution in [3.63, 3.8) is 0 Å². The van der Waals surface area contributed by atoms with Crippen LogP contribution in [0.4, 0.5) is 19.3 Å². The highest BCUT2D eigenvalue weighted by molar-refractivity contribution is 5.86. The lowest BCUT2D eigenvalue weighted by Gasteiger charge is -2.24. The quantitative estimate of drug-likeness (QED) is 0.469. The third kappa shape index (κ3) is 3.99. The molecule has 0 atom stereocenters. The summed E-state index contributed by atoms with van der Waals surface area (Å²) in [6.45, 7) is 4.97. The number of hydrazine groups is 1. The summed E-state index contributed by atoms with van der Waals surface area (Å²) in [5.41, 5.74) is -0.850. The average molecular weight is 244 g/mol. The number of nitrogens with zero attached hydrogens (tertiary/aromatic N) is 1. The first kappa shape index (κ1) is 13.4. The van der Waals surface area contributed by atoms with Crippen LogP contribution in [0.2, 0.25) is 0 Å². The molecule has 1 aromatic rings. The van der Waals surface area contributed by atoms with E-state index >= 15 is 0 Å². The van der Waals surface area contributed by atoms with Crippen molar-refractivity contribution in [3.8, 4) is 0 Å². The molecule has 0 saturated carbocycles. The molecule has 0 aliphatic heterocycles. The van der Waals surface area contributed by atoms with Crippen molar-refractivity contribution in [2.75, 3.05) is 5.01 Å². The van der Waals surface area contributed by atoms with E-state index in [1.807, 2.05) is 0 Å². The minimum Gasteiger partial charge on any atom is -0.442 e. The van der Waals surface area contributed by atoms with Gasteiger partial charge in [0.15, 0.2) is 0 Å².